The Morgan fingerprint density at radius 1 is 1.16 bits per heavy atom. The van der Waals surface area contributed by atoms with Crippen LogP contribution in [0.5, 0.6) is 5.75 Å². The number of ether oxygens (including phenoxy) is 1. The highest BCUT2D eigenvalue weighted by atomic mass is 35.5. The number of rotatable bonds is 8. The fourth-order valence-corrected chi connectivity index (χ4v) is 5.69. The smallest absolute Gasteiger partial charge is 0.229 e. The Hall–Kier alpha value is -2.82. The zero-order chi connectivity index (χ0) is 26.7. The molecular formula is C27H40ClN9O. The Bertz CT molecular complexity index is 1140. The number of piperidine rings is 1. The van der Waals surface area contributed by atoms with Gasteiger partial charge in [0, 0.05) is 69.7 Å². The lowest BCUT2D eigenvalue weighted by Crippen LogP contribution is -2.52. The van der Waals surface area contributed by atoms with E-state index in [1.807, 2.05) is 13.1 Å². The summed E-state index contributed by atoms with van der Waals surface area (Å²) in [5.74, 6) is 1.75. The van der Waals surface area contributed by atoms with Gasteiger partial charge in [-0.1, -0.05) is 18.5 Å². The first-order chi connectivity index (χ1) is 18.4. The summed E-state index contributed by atoms with van der Waals surface area (Å²) in [6.45, 7) is 11.0. The standard InChI is InChI=1S/C27H40ClN9O/c1-5-19-16-22(31-26-29-18-21(28)25(32-26)33-27(2)8-9-30-34-27)24(38-4)17-23(19)37-10-6-20(7-11-37)36-14-12-35(3)13-15-36/h9,16-18,20,34H,5-8,10-15H2,1-4H3,(H2,29,31,32,33). The van der Waals surface area contributed by atoms with Crippen molar-refractivity contribution in [2.75, 3.05) is 69.0 Å². The zero-order valence-corrected chi connectivity index (χ0v) is 23.7. The number of nitrogens with zero attached hydrogens (tertiary/aromatic N) is 6. The van der Waals surface area contributed by atoms with Gasteiger partial charge in [0.2, 0.25) is 5.95 Å². The average Bonchev–Trinajstić information content (AvgIpc) is 3.36. The van der Waals surface area contributed by atoms with E-state index in [0.29, 0.717) is 22.8 Å². The number of methoxy groups -OCH3 is 1. The van der Waals surface area contributed by atoms with Gasteiger partial charge >= 0.3 is 0 Å². The summed E-state index contributed by atoms with van der Waals surface area (Å²) in [6, 6.07) is 5.01. The molecule has 2 aromatic rings. The fourth-order valence-electron chi connectivity index (χ4n) is 5.55. The van der Waals surface area contributed by atoms with Crippen molar-refractivity contribution in [3.8, 4) is 5.75 Å². The van der Waals surface area contributed by atoms with Crippen molar-refractivity contribution < 1.29 is 4.74 Å². The molecule has 38 heavy (non-hydrogen) atoms. The predicted molar refractivity (Wildman–Crippen MR) is 155 cm³/mol. The third kappa shape index (κ3) is 5.92. The molecule has 2 fully saturated rings. The molecule has 2 saturated heterocycles. The number of likely N-dealkylation sites (N-methyl/N-ethyl adjacent to an activating group) is 1. The van der Waals surface area contributed by atoms with Gasteiger partial charge in [-0.15, -0.1) is 0 Å². The van der Waals surface area contributed by atoms with Crippen molar-refractivity contribution in [3.63, 3.8) is 0 Å². The molecule has 1 aromatic heterocycles. The summed E-state index contributed by atoms with van der Waals surface area (Å²) in [7, 11) is 3.93. The van der Waals surface area contributed by atoms with Crippen LogP contribution in [0.3, 0.4) is 0 Å². The Labute approximate surface area is 230 Å². The van der Waals surface area contributed by atoms with Crippen LogP contribution in [0, 0.1) is 0 Å². The molecule has 0 bridgehead atoms. The number of benzene rings is 1. The van der Waals surface area contributed by atoms with Gasteiger partial charge in [0.05, 0.1) is 19.0 Å². The highest BCUT2D eigenvalue weighted by Crippen LogP contribution is 2.37. The second kappa shape index (κ2) is 11.5. The SMILES string of the molecule is CCc1cc(Nc2ncc(Cl)c(NC3(C)CC=NN3)n2)c(OC)cc1N1CCC(N2CCN(C)CC2)CC1. The van der Waals surface area contributed by atoms with Crippen LogP contribution in [0.2, 0.25) is 5.02 Å². The van der Waals surface area contributed by atoms with Gasteiger partial charge in [-0.25, -0.2) is 4.98 Å². The molecule has 1 unspecified atom stereocenters. The van der Waals surface area contributed by atoms with Gasteiger partial charge < -0.3 is 25.2 Å². The molecule has 0 radical (unpaired) electrons. The number of aromatic nitrogens is 2. The van der Waals surface area contributed by atoms with Gasteiger partial charge in [0.1, 0.15) is 16.4 Å². The summed E-state index contributed by atoms with van der Waals surface area (Å²) in [6.07, 6.45) is 7.46. The van der Waals surface area contributed by atoms with Crippen LogP contribution < -0.4 is 25.7 Å². The number of hydrazone groups is 1. The quantitative estimate of drug-likeness (QED) is 0.461. The van der Waals surface area contributed by atoms with Gasteiger partial charge in [-0.05, 0) is 44.9 Å². The van der Waals surface area contributed by atoms with Crippen LogP contribution in [0.1, 0.15) is 38.7 Å². The van der Waals surface area contributed by atoms with E-state index in [0.717, 1.165) is 37.4 Å². The topological polar surface area (TPSA) is 93.2 Å². The normalized spacial score (nSPS) is 22.9. The van der Waals surface area contributed by atoms with Crippen molar-refractivity contribution in [1.29, 1.82) is 0 Å². The van der Waals surface area contributed by atoms with Crippen LogP contribution in [-0.4, -0.2) is 91.1 Å². The number of aryl methyl sites for hydroxylation is 1. The number of piperazine rings is 1. The first-order valence-corrected chi connectivity index (χ1v) is 14.0. The molecule has 10 nitrogen and oxygen atoms in total. The summed E-state index contributed by atoms with van der Waals surface area (Å²) in [4.78, 5) is 16.7. The maximum Gasteiger partial charge on any atom is 0.229 e. The molecule has 5 rings (SSSR count). The lowest BCUT2D eigenvalue weighted by atomic mass is 9.99. The first-order valence-electron chi connectivity index (χ1n) is 13.6. The molecule has 11 heteroatoms. The van der Waals surface area contributed by atoms with E-state index in [1.165, 1.54) is 50.3 Å². The van der Waals surface area contributed by atoms with Crippen LogP contribution >= 0.6 is 11.6 Å². The number of hydrogen-bond acceptors (Lipinski definition) is 10. The zero-order valence-electron chi connectivity index (χ0n) is 22.9. The van der Waals surface area contributed by atoms with E-state index in [9.17, 15) is 0 Å². The Kier molecular flexibility index (Phi) is 8.11. The minimum Gasteiger partial charge on any atom is -0.494 e. The fraction of sp³-hybridized carbons (Fsp3) is 0.593. The van der Waals surface area contributed by atoms with Crippen LogP contribution in [0.25, 0.3) is 0 Å². The van der Waals surface area contributed by atoms with E-state index in [2.05, 4.69) is 71.9 Å². The van der Waals surface area contributed by atoms with Crippen molar-refractivity contribution in [3.05, 3.63) is 28.9 Å². The Balaban J connectivity index is 1.30. The molecule has 4 heterocycles. The largest absolute Gasteiger partial charge is 0.494 e. The summed E-state index contributed by atoms with van der Waals surface area (Å²) in [5.41, 5.74) is 5.99. The van der Waals surface area contributed by atoms with Crippen LogP contribution in [0.4, 0.5) is 23.1 Å². The molecule has 0 aliphatic carbocycles. The molecule has 1 aromatic carbocycles. The predicted octanol–water partition coefficient (Wildman–Crippen LogP) is 3.77. The molecule has 0 amide bonds. The molecule has 3 aliphatic rings. The first kappa shape index (κ1) is 26.8. The Morgan fingerprint density at radius 3 is 2.58 bits per heavy atom. The third-order valence-electron chi connectivity index (χ3n) is 7.93. The number of nitrogens with one attached hydrogen (secondary N) is 3. The lowest BCUT2D eigenvalue weighted by molar-refractivity contribution is 0.0982. The minimum atomic E-state index is -0.443. The summed E-state index contributed by atoms with van der Waals surface area (Å²) < 4.78 is 5.83. The van der Waals surface area contributed by atoms with Crippen molar-refractivity contribution in [2.45, 2.75) is 51.2 Å². The highest BCUT2D eigenvalue weighted by molar-refractivity contribution is 6.32. The van der Waals surface area contributed by atoms with Gasteiger partial charge in [-0.2, -0.15) is 10.1 Å². The highest BCUT2D eigenvalue weighted by Gasteiger charge is 2.29. The van der Waals surface area contributed by atoms with Gasteiger partial charge in [0.15, 0.2) is 5.82 Å². The van der Waals surface area contributed by atoms with E-state index in [-0.39, 0.29) is 0 Å². The van der Waals surface area contributed by atoms with Gasteiger partial charge in [-0.3, -0.25) is 10.3 Å². The van der Waals surface area contributed by atoms with Crippen molar-refractivity contribution >= 4 is 41.0 Å². The monoisotopic (exact) mass is 541 g/mol. The second-order valence-corrected chi connectivity index (χ2v) is 11.1. The van der Waals surface area contributed by atoms with Crippen LogP contribution in [-0.2, 0) is 6.42 Å². The Morgan fingerprint density at radius 2 is 1.92 bits per heavy atom. The maximum atomic E-state index is 6.40. The summed E-state index contributed by atoms with van der Waals surface area (Å²) in [5, 5.41) is 11.3. The van der Waals surface area contributed by atoms with Gasteiger partial charge in [0.25, 0.3) is 0 Å². The molecule has 1 atom stereocenters. The van der Waals surface area contributed by atoms with Crippen LogP contribution in [0.15, 0.2) is 23.4 Å². The van der Waals surface area contributed by atoms with E-state index in [4.69, 9.17) is 16.3 Å². The molecule has 0 spiro atoms. The molecule has 0 saturated carbocycles. The second-order valence-electron chi connectivity index (χ2n) is 10.7. The number of anilines is 4. The van der Waals surface area contributed by atoms with Crippen molar-refractivity contribution in [1.82, 2.24) is 25.2 Å². The van der Waals surface area contributed by atoms with E-state index in [1.54, 1.807) is 13.3 Å². The average molecular weight is 542 g/mol. The molecular weight excluding hydrogens is 502 g/mol. The van der Waals surface area contributed by atoms with E-state index < -0.39 is 5.66 Å². The molecule has 206 valence electrons. The third-order valence-corrected chi connectivity index (χ3v) is 8.20. The number of halogens is 1. The minimum absolute atomic E-state index is 0.443. The number of hydrogen-bond donors (Lipinski definition) is 3. The molecule has 3 aliphatic heterocycles. The maximum absolute atomic E-state index is 6.40. The van der Waals surface area contributed by atoms with E-state index >= 15 is 0 Å². The lowest BCUT2D eigenvalue weighted by Gasteiger charge is -2.43. The summed E-state index contributed by atoms with van der Waals surface area (Å²) >= 11 is 6.40. The van der Waals surface area contributed by atoms with Crippen molar-refractivity contribution in [2.24, 2.45) is 5.10 Å². The molecule has 3 N–H and O–H groups in total.